The topological polar surface area (TPSA) is 131 Å². The van der Waals surface area contributed by atoms with Gasteiger partial charge >= 0.3 is 0 Å². The van der Waals surface area contributed by atoms with Gasteiger partial charge in [0, 0.05) is 12.0 Å². The predicted molar refractivity (Wildman–Crippen MR) is 122 cm³/mol. The fourth-order valence-corrected chi connectivity index (χ4v) is 5.03. The first-order valence-electron chi connectivity index (χ1n) is 11.7. The molecule has 2 aliphatic carbocycles. The van der Waals surface area contributed by atoms with Crippen molar-refractivity contribution >= 4 is 34.7 Å². The maximum absolute atomic E-state index is 14.4. The molecule has 2 fully saturated rings. The summed E-state index contributed by atoms with van der Waals surface area (Å²) in [5, 5.41) is 16.1. The quantitative estimate of drug-likeness (QED) is 0.390. The molecule has 2 atom stereocenters. The number of nitrogens with two attached hydrogens (primary N) is 1. The molecular weight excluding hydrogens is 463 g/mol. The van der Waals surface area contributed by atoms with Crippen LogP contribution in [-0.2, 0) is 4.79 Å². The van der Waals surface area contributed by atoms with Crippen LogP contribution in [0.1, 0.15) is 51.0 Å². The van der Waals surface area contributed by atoms with Gasteiger partial charge in [-0.1, -0.05) is 0 Å². The number of aliphatic hydroxyl groups is 1. The van der Waals surface area contributed by atoms with Crippen molar-refractivity contribution in [3.8, 4) is 0 Å². The number of aliphatic hydroxyl groups excluding tert-OH is 1. The van der Waals surface area contributed by atoms with Gasteiger partial charge in [0.2, 0.25) is 17.8 Å². The van der Waals surface area contributed by atoms with Gasteiger partial charge in [0.05, 0.1) is 24.0 Å². The second kappa shape index (κ2) is 9.33. The van der Waals surface area contributed by atoms with Gasteiger partial charge in [-0.15, -0.1) is 0 Å². The minimum Gasteiger partial charge on any atom is -0.391 e. The summed E-state index contributed by atoms with van der Waals surface area (Å²) >= 11 is 0. The Labute approximate surface area is 199 Å². The molecule has 186 valence electrons. The number of halogens is 3. The molecule has 0 radical (unpaired) electrons. The number of nitrogens with one attached hydrogen (secondary N) is 2. The van der Waals surface area contributed by atoms with Crippen LogP contribution in [0.25, 0.3) is 11.2 Å². The predicted octanol–water partition coefficient (Wildman–Crippen LogP) is 3.53. The molecule has 2 aromatic heterocycles. The van der Waals surface area contributed by atoms with Crippen molar-refractivity contribution < 1.29 is 23.1 Å². The Morgan fingerprint density at radius 2 is 1.83 bits per heavy atom. The maximum atomic E-state index is 14.4. The fraction of sp³-hybridized carbons (Fsp3) is 0.478. The third-order valence-electron chi connectivity index (χ3n) is 6.97. The number of anilines is 3. The molecule has 2 heterocycles. The molecule has 0 spiro atoms. The highest BCUT2D eigenvalue weighted by Crippen LogP contribution is 2.37. The SMILES string of the molecule is NC(=O)[C@H]1CC[C@@H](n2c(Nc3ccc(F)c(F)c3F)nc3cnc(NC4CCC[C@H]4O)nc32)CC1. The summed E-state index contributed by atoms with van der Waals surface area (Å²) in [6, 6.07) is 1.62. The van der Waals surface area contributed by atoms with E-state index in [9.17, 15) is 23.1 Å². The van der Waals surface area contributed by atoms with Crippen LogP contribution >= 0.6 is 0 Å². The van der Waals surface area contributed by atoms with Crippen molar-refractivity contribution in [2.45, 2.75) is 63.1 Å². The van der Waals surface area contributed by atoms with Crippen LogP contribution in [-0.4, -0.2) is 42.7 Å². The summed E-state index contributed by atoms with van der Waals surface area (Å²) in [7, 11) is 0. The summed E-state index contributed by atoms with van der Waals surface area (Å²) in [6.07, 6.45) is 5.77. The molecule has 1 aromatic carbocycles. The van der Waals surface area contributed by atoms with E-state index in [0.29, 0.717) is 49.2 Å². The van der Waals surface area contributed by atoms with E-state index < -0.39 is 23.6 Å². The average Bonchev–Trinajstić information content (AvgIpc) is 3.41. The first-order valence-corrected chi connectivity index (χ1v) is 11.7. The molecule has 2 saturated carbocycles. The Kier molecular flexibility index (Phi) is 6.22. The third-order valence-corrected chi connectivity index (χ3v) is 6.97. The number of fused-ring (bicyclic) bond motifs is 1. The normalized spacial score (nSPS) is 24.6. The number of amides is 1. The van der Waals surface area contributed by atoms with Crippen molar-refractivity contribution in [2.75, 3.05) is 10.6 Å². The first kappa shape index (κ1) is 23.3. The zero-order valence-corrected chi connectivity index (χ0v) is 18.8. The molecule has 0 bridgehead atoms. The van der Waals surface area contributed by atoms with Gasteiger partial charge in [-0.25, -0.2) is 23.1 Å². The first-order chi connectivity index (χ1) is 16.8. The summed E-state index contributed by atoms with van der Waals surface area (Å²) in [5.74, 6) is -4.28. The van der Waals surface area contributed by atoms with Gasteiger partial charge in [0.25, 0.3) is 0 Å². The van der Waals surface area contributed by atoms with E-state index in [4.69, 9.17) is 5.73 Å². The smallest absolute Gasteiger partial charge is 0.225 e. The zero-order chi connectivity index (χ0) is 24.7. The van der Waals surface area contributed by atoms with Crippen LogP contribution in [0, 0.1) is 23.4 Å². The van der Waals surface area contributed by atoms with Crippen molar-refractivity contribution in [3.63, 3.8) is 0 Å². The van der Waals surface area contributed by atoms with Crippen molar-refractivity contribution in [1.82, 2.24) is 19.5 Å². The highest BCUT2D eigenvalue weighted by atomic mass is 19.2. The number of primary amides is 1. The Morgan fingerprint density at radius 3 is 2.51 bits per heavy atom. The molecule has 12 heteroatoms. The molecular formula is C23H26F3N7O2. The lowest BCUT2D eigenvalue weighted by Crippen LogP contribution is -2.29. The van der Waals surface area contributed by atoms with E-state index in [1.54, 1.807) is 4.57 Å². The molecule has 0 aliphatic heterocycles. The van der Waals surface area contributed by atoms with Crippen molar-refractivity contribution in [3.05, 3.63) is 35.8 Å². The number of aromatic nitrogens is 4. The lowest BCUT2D eigenvalue weighted by atomic mass is 9.85. The van der Waals surface area contributed by atoms with Crippen LogP contribution in [0.2, 0.25) is 0 Å². The lowest BCUT2D eigenvalue weighted by molar-refractivity contribution is -0.122. The Hall–Kier alpha value is -3.41. The summed E-state index contributed by atoms with van der Waals surface area (Å²) < 4.78 is 43.5. The van der Waals surface area contributed by atoms with E-state index in [0.717, 1.165) is 25.0 Å². The molecule has 2 aliphatic rings. The van der Waals surface area contributed by atoms with E-state index in [2.05, 4.69) is 25.6 Å². The molecule has 5 N–H and O–H groups in total. The largest absolute Gasteiger partial charge is 0.391 e. The second-order valence-corrected chi connectivity index (χ2v) is 9.21. The minimum atomic E-state index is -1.58. The number of hydrogen-bond donors (Lipinski definition) is 4. The van der Waals surface area contributed by atoms with E-state index in [-0.39, 0.29) is 35.5 Å². The van der Waals surface area contributed by atoms with Gasteiger partial charge in [0.1, 0.15) is 5.52 Å². The van der Waals surface area contributed by atoms with Crippen LogP contribution in [0.5, 0.6) is 0 Å². The van der Waals surface area contributed by atoms with E-state index >= 15 is 0 Å². The molecule has 1 unspecified atom stereocenters. The summed E-state index contributed by atoms with van der Waals surface area (Å²) in [5.41, 5.74) is 6.09. The number of carbonyl (C=O) groups excluding carboxylic acids is 1. The Morgan fingerprint density at radius 1 is 1.06 bits per heavy atom. The third kappa shape index (κ3) is 4.49. The fourth-order valence-electron chi connectivity index (χ4n) is 5.03. The van der Waals surface area contributed by atoms with Gasteiger partial charge in [0.15, 0.2) is 23.1 Å². The minimum absolute atomic E-state index is 0.147. The average molecular weight is 490 g/mol. The number of imidazole rings is 1. The number of hydrogen-bond acceptors (Lipinski definition) is 7. The van der Waals surface area contributed by atoms with Crippen molar-refractivity contribution in [1.29, 1.82) is 0 Å². The second-order valence-electron chi connectivity index (χ2n) is 9.21. The molecule has 35 heavy (non-hydrogen) atoms. The number of nitrogens with zero attached hydrogens (tertiary/aromatic N) is 4. The lowest BCUT2D eigenvalue weighted by Gasteiger charge is -2.29. The standard InChI is InChI=1S/C23H26F3N7O2/c24-13-8-9-15(19(26)18(13)25)30-23-31-16-10-28-22(29-14-2-1-3-17(14)34)32-21(16)33(23)12-6-4-11(5-7-12)20(27)35/h8-12,14,17,34H,1-7H2,(H2,27,35)(H,30,31)(H,28,29,32)/t11-,12+,14?,17-/m1/s1. The Balaban J connectivity index is 1.53. The van der Waals surface area contributed by atoms with Crippen LogP contribution in [0.3, 0.4) is 0 Å². The summed E-state index contributed by atoms with van der Waals surface area (Å²) in [4.78, 5) is 25.1. The number of rotatable bonds is 6. The highest BCUT2D eigenvalue weighted by molar-refractivity contribution is 5.78. The molecule has 0 saturated heterocycles. The number of benzene rings is 1. The van der Waals surface area contributed by atoms with Gasteiger partial charge in [-0.05, 0) is 57.1 Å². The van der Waals surface area contributed by atoms with Crippen LogP contribution in [0.15, 0.2) is 18.3 Å². The van der Waals surface area contributed by atoms with Crippen LogP contribution < -0.4 is 16.4 Å². The summed E-state index contributed by atoms with van der Waals surface area (Å²) in [6.45, 7) is 0. The highest BCUT2D eigenvalue weighted by Gasteiger charge is 2.30. The van der Waals surface area contributed by atoms with Crippen molar-refractivity contribution in [2.24, 2.45) is 11.7 Å². The van der Waals surface area contributed by atoms with Gasteiger partial charge in [-0.3, -0.25) is 9.36 Å². The van der Waals surface area contributed by atoms with E-state index in [1.807, 2.05) is 0 Å². The molecule has 9 nitrogen and oxygen atoms in total. The maximum Gasteiger partial charge on any atom is 0.225 e. The molecule has 3 aromatic rings. The molecule has 1 amide bonds. The van der Waals surface area contributed by atoms with E-state index in [1.165, 1.54) is 6.20 Å². The van der Waals surface area contributed by atoms with Gasteiger partial charge < -0.3 is 21.5 Å². The number of carbonyl (C=O) groups is 1. The monoisotopic (exact) mass is 489 g/mol. The van der Waals surface area contributed by atoms with Crippen LogP contribution in [0.4, 0.5) is 30.8 Å². The zero-order valence-electron chi connectivity index (χ0n) is 18.8. The van der Waals surface area contributed by atoms with Gasteiger partial charge in [-0.2, -0.15) is 4.98 Å². The Bertz CT molecular complexity index is 1260. The molecule has 5 rings (SSSR count).